The van der Waals surface area contributed by atoms with Crippen LogP contribution in [0, 0.1) is 11.7 Å². The van der Waals surface area contributed by atoms with Crippen molar-refractivity contribution in [2.24, 2.45) is 5.92 Å². The number of pyridine rings is 1. The maximum atomic E-state index is 14.7. The lowest BCUT2D eigenvalue weighted by Gasteiger charge is -2.09. The van der Waals surface area contributed by atoms with Gasteiger partial charge < -0.3 is 10.1 Å². The monoisotopic (exact) mass is 440 g/mol. The van der Waals surface area contributed by atoms with Gasteiger partial charge in [0.1, 0.15) is 6.61 Å². The zero-order chi connectivity index (χ0) is 22.8. The number of anilines is 1. The van der Waals surface area contributed by atoms with Crippen LogP contribution in [0.25, 0.3) is 10.8 Å². The average molecular weight is 440 g/mol. The van der Waals surface area contributed by atoms with Crippen LogP contribution in [0.1, 0.15) is 33.8 Å². The summed E-state index contributed by atoms with van der Waals surface area (Å²) >= 11 is 0. The highest BCUT2D eigenvalue weighted by Crippen LogP contribution is 2.48. The van der Waals surface area contributed by atoms with Crippen LogP contribution in [-0.2, 0) is 16.1 Å². The van der Waals surface area contributed by atoms with E-state index < -0.39 is 11.8 Å². The van der Waals surface area contributed by atoms with Crippen LogP contribution in [0.5, 0.6) is 0 Å². The molecule has 0 radical (unpaired) electrons. The average Bonchev–Trinajstić information content (AvgIpc) is 3.66. The highest BCUT2D eigenvalue weighted by molar-refractivity contribution is 5.98. The van der Waals surface area contributed by atoms with E-state index in [0.29, 0.717) is 22.8 Å². The summed E-state index contributed by atoms with van der Waals surface area (Å²) in [4.78, 5) is 29.0. The molecule has 0 bridgehead atoms. The van der Waals surface area contributed by atoms with E-state index in [1.165, 1.54) is 6.20 Å². The number of aromatic nitrogens is 1. The smallest absolute Gasteiger partial charge is 0.338 e. The molecule has 1 fully saturated rings. The van der Waals surface area contributed by atoms with Gasteiger partial charge in [0.05, 0.1) is 11.3 Å². The summed E-state index contributed by atoms with van der Waals surface area (Å²) in [6.07, 6.45) is 3.79. The molecule has 4 aromatic rings. The van der Waals surface area contributed by atoms with Gasteiger partial charge in [-0.25, -0.2) is 9.18 Å². The Hall–Kier alpha value is -4.06. The largest absolute Gasteiger partial charge is 0.457 e. The molecule has 0 spiro atoms. The minimum absolute atomic E-state index is 0.0482. The topological polar surface area (TPSA) is 68.3 Å². The van der Waals surface area contributed by atoms with Gasteiger partial charge in [-0.3, -0.25) is 9.78 Å². The van der Waals surface area contributed by atoms with Gasteiger partial charge in [0.15, 0.2) is 5.82 Å². The van der Waals surface area contributed by atoms with Gasteiger partial charge >= 0.3 is 5.97 Å². The molecule has 6 heteroatoms. The Morgan fingerprint density at radius 3 is 2.58 bits per heavy atom. The van der Waals surface area contributed by atoms with Crippen molar-refractivity contribution >= 4 is 28.3 Å². The van der Waals surface area contributed by atoms with Crippen LogP contribution < -0.4 is 5.32 Å². The van der Waals surface area contributed by atoms with Gasteiger partial charge in [0.2, 0.25) is 5.91 Å². The van der Waals surface area contributed by atoms with E-state index in [1.54, 1.807) is 36.5 Å². The Morgan fingerprint density at radius 1 is 1.00 bits per heavy atom. The Morgan fingerprint density at radius 2 is 1.79 bits per heavy atom. The quantitative estimate of drug-likeness (QED) is 0.404. The number of carbonyl (C=O) groups excluding carboxylic acids is 2. The summed E-state index contributed by atoms with van der Waals surface area (Å²) in [6, 6.07) is 21.5. The fraction of sp³-hybridized carbons (Fsp3) is 0.148. The molecule has 164 valence electrons. The standard InChI is InChI=1S/C27H21FN2O3/c28-25-21-12-13-29-15-20(21)10-11-24(25)30-26(31)23-14-22(23)18-6-8-19(9-7-18)27(32)33-16-17-4-2-1-3-5-17/h1-13,15,22-23H,14,16H2,(H,30,31)/t22-,23+/m0/s1. The van der Waals surface area contributed by atoms with Crippen LogP contribution in [0.3, 0.4) is 0 Å². The van der Waals surface area contributed by atoms with Crippen molar-refractivity contribution < 1.29 is 18.7 Å². The fourth-order valence-electron chi connectivity index (χ4n) is 3.98. The van der Waals surface area contributed by atoms with Crippen molar-refractivity contribution in [1.29, 1.82) is 0 Å². The Bertz CT molecular complexity index is 1320. The first kappa shape index (κ1) is 20.8. The van der Waals surface area contributed by atoms with Crippen LogP contribution in [0.2, 0.25) is 0 Å². The van der Waals surface area contributed by atoms with Crippen molar-refractivity contribution in [2.75, 3.05) is 5.32 Å². The number of halogens is 1. The third-order valence-electron chi connectivity index (χ3n) is 5.93. The second-order valence-corrected chi connectivity index (χ2v) is 8.15. The van der Waals surface area contributed by atoms with Crippen LogP contribution >= 0.6 is 0 Å². The lowest BCUT2D eigenvalue weighted by atomic mass is 10.1. The predicted octanol–water partition coefficient (Wildman–Crippen LogP) is 5.47. The fourth-order valence-corrected chi connectivity index (χ4v) is 3.98. The summed E-state index contributed by atoms with van der Waals surface area (Å²) in [7, 11) is 0. The summed E-state index contributed by atoms with van der Waals surface area (Å²) in [5.41, 5.74) is 2.53. The highest BCUT2D eigenvalue weighted by Gasteiger charge is 2.44. The molecule has 1 aliphatic carbocycles. The number of hydrogen-bond donors (Lipinski definition) is 1. The molecule has 1 aliphatic rings. The van der Waals surface area contributed by atoms with E-state index in [1.807, 2.05) is 42.5 Å². The minimum atomic E-state index is -0.459. The van der Waals surface area contributed by atoms with Crippen LogP contribution in [0.4, 0.5) is 10.1 Å². The molecule has 1 aromatic heterocycles. The number of ether oxygens (including phenoxy) is 1. The van der Waals surface area contributed by atoms with Crippen LogP contribution in [0.15, 0.2) is 85.2 Å². The number of fused-ring (bicyclic) bond motifs is 1. The third-order valence-corrected chi connectivity index (χ3v) is 5.93. The highest BCUT2D eigenvalue weighted by atomic mass is 19.1. The molecular weight excluding hydrogens is 419 g/mol. The summed E-state index contributed by atoms with van der Waals surface area (Å²) in [5.74, 6) is -1.24. The van der Waals surface area contributed by atoms with E-state index in [4.69, 9.17) is 4.74 Å². The molecule has 2 atom stereocenters. The Balaban J connectivity index is 1.19. The van der Waals surface area contributed by atoms with E-state index in [9.17, 15) is 14.0 Å². The molecule has 1 N–H and O–H groups in total. The number of carbonyl (C=O) groups is 2. The van der Waals surface area contributed by atoms with E-state index >= 15 is 0 Å². The number of esters is 1. The van der Waals surface area contributed by atoms with Crippen molar-refractivity contribution in [3.8, 4) is 0 Å². The summed E-state index contributed by atoms with van der Waals surface area (Å²) < 4.78 is 20.1. The SMILES string of the molecule is O=C(OCc1ccccc1)c1ccc([C@@H]2C[C@H]2C(=O)Nc2ccc3cnccc3c2F)cc1. The molecular formula is C27H21FN2O3. The lowest BCUT2D eigenvalue weighted by Crippen LogP contribution is -2.15. The first-order chi connectivity index (χ1) is 16.1. The van der Waals surface area contributed by atoms with Crippen molar-refractivity contribution in [3.63, 3.8) is 0 Å². The lowest BCUT2D eigenvalue weighted by molar-refractivity contribution is -0.117. The molecule has 1 heterocycles. The van der Waals surface area contributed by atoms with Gasteiger partial charge in [-0.05, 0) is 47.7 Å². The van der Waals surface area contributed by atoms with Gasteiger partial charge in [0, 0.05) is 29.1 Å². The predicted molar refractivity (Wildman–Crippen MR) is 123 cm³/mol. The van der Waals surface area contributed by atoms with Gasteiger partial charge in [0.25, 0.3) is 0 Å². The summed E-state index contributed by atoms with van der Waals surface area (Å²) in [5, 5.41) is 3.82. The zero-order valence-electron chi connectivity index (χ0n) is 17.7. The maximum absolute atomic E-state index is 14.7. The Labute approximate surface area is 190 Å². The second-order valence-electron chi connectivity index (χ2n) is 8.15. The van der Waals surface area contributed by atoms with Crippen molar-refractivity contribution in [1.82, 2.24) is 4.98 Å². The molecule has 3 aromatic carbocycles. The molecule has 0 aliphatic heterocycles. The first-order valence-electron chi connectivity index (χ1n) is 10.7. The number of benzene rings is 3. The molecule has 5 rings (SSSR count). The number of nitrogens with one attached hydrogen (secondary N) is 1. The normalized spacial score (nSPS) is 16.9. The van der Waals surface area contributed by atoms with Gasteiger partial charge in [-0.1, -0.05) is 48.5 Å². The van der Waals surface area contributed by atoms with Gasteiger partial charge in [-0.15, -0.1) is 0 Å². The third kappa shape index (κ3) is 4.46. The zero-order valence-corrected chi connectivity index (χ0v) is 17.7. The van der Waals surface area contributed by atoms with Gasteiger partial charge in [-0.2, -0.15) is 0 Å². The molecule has 1 saturated carbocycles. The molecule has 0 unspecified atom stereocenters. The molecule has 0 saturated heterocycles. The summed E-state index contributed by atoms with van der Waals surface area (Å²) in [6.45, 7) is 0.216. The maximum Gasteiger partial charge on any atom is 0.338 e. The number of rotatable bonds is 6. The van der Waals surface area contributed by atoms with E-state index in [2.05, 4.69) is 10.3 Å². The van der Waals surface area contributed by atoms with Crippen molar-refractivity contribution in [2.45, 2.75) is 18.9 Å². The molecule has 1 amide bonds. The minimum Gasteiger partial charge on any atom is -0.457 e. The van der Waals surface area contributed by atoms with Crippen molar-refractivity contribution in [3.05, 3.63) is 108 Å². The number of amides is 1. The van der Waals surface area contributed by atoms with E-state index in [0.717, 1.165) is 11.1 Å². The molecule has 33 heavy (non-hydrogen) atoms. The van der Waals surface area contributed by atoms with Crippen LogP contribution in [-0.4, -0.2) is 16.9 Å². The first-order valence-corrected chi connectivity index (χ1v) is 10.7. The second kappa shape index (κ2) is 8.82. The Kier molecular flexibility index (Phi) is 5.57. The number of hydrogen-bond acceptors (Lipinski definition) is 4. The van der Waals surface area contributed by atoms with E-state index in [-0.39, 0.29) is 30.0 Å². The molecule has 5 nitrogen and oxygen atoms in total. The number of nitrogens with zero attached hydrogens (tertiary/aromatic N) is 1.